The molecule has 1 heterocycles. The Morgan fingerprint density at radius 2 is 1.72 bits per heavy atom. The molecule has 5 heteroatoms. The molecule has 4 atom stereocenters. The van der Waals surface area contributed by atoms with Crippen LogP contribution in [-0.2, 0) is 19.1 Å². The van der Waals surface area contributed by atoms with Gasteiger partial charge in [0.05, 0.1) is 24.9 Å². The third kappa shape index (κ3) is 4.77. The first-order valence-corrected chi connectivity index (χ1v) is 12.2. The highest BCUT2D eigenvalue weighted by Gasteiger charge is 2.54. The molecule has 2 amide bonds. The maximum atomic E-state index is 13.8. The second kappa shape index (κ2) is 10.2. The second-order valence-corrected chi connectivity index (χ2v) is 10.3. The summed E-state index contributed by atoms with van der Waals surface area (Å²) < 4.78 is 4.99. The van der Waals surface area contributed by atoms with Crippen LogP contribution in [0.25, 0.3) is 0 Å². The summed E-state index contributed by atoms with van der Waals surface area (Å²) in [5.41, 5.74) is 1.13. The van der Waals surface area contributed by atoms with Crippen molar-refractivity contribution in [3.05, 3.63) is 35.9 Å². The Labute approximate surface area is 192 Å². The monoisotopic (exact) mass is 441 g/mol. The van der Waals surface area contributed by atoms with E-state index in [1.54, 1.807) is 6.92 Å². The Morgan fingerprint density at radius 1 is 1.09 bits per heavy atom. The lowest BCUT2D eigenvalue weighted by Crippen LogP contribution is -2.42. The molecule has 0 spiro atoms. The van der Waals surface area contributed by atoms with E-state index in [4.69, 9.17) is 4.74 Å². The van der Waals surface area contributed by atoms with E-state index in [0.717, 1.165) is 38.5 Å². The Morgan fingerprint density at radius 3 is 2.28 bits per heavy atom. The van der Waals surface area contributed by atoms with Crippen molar-refractivity contribution in [1.82, 2.24) is 4.90 Å². The van der Waals surface area contributed by atoms with Crippen molar-refractivity contribution < 1.29 is 19.1 Å². The van der Waals surface area contributed by atoms with Crippen LogP contribution in [0.2, 0.25) is 0 Å². The van der Waals surface area contributed by atoms with E-state index in [0.29, 0.717) is 6.42 Å². The van der Waals surface area contributed by atoms with Gasteiger partial charge in [-0.1, -0.05) is 83.7 Å². The lowest BCUT2D eigenvalue weighted by atomic mass is 9.67. The average Bonchev–Trinajstić information content (AvgIpc) is 3.06. The average molecular weight is 442 g/mol. The lowest BCUT2D eigenvalue weighted by molar-refractivity contribution is -0.151. The van der Waals surface area contributed by atoms with Gasteiger partial charge in [0.25, 0.3) is 0 Å². The summed E-state index contributed by atoms with van der Waals surface area (Å²) in [7, 11) is 1.35. The first-order chi connectivity index (χ1) is 15.2. The van der Waals surface area contributed by atoms with E-state index < -0.39 is 23.7 Å². The minimum Gasteiger partial charge on any atom is -0.469 e. The number of rotatable bonds is 8. The molecule has 1 aromatic carbocycles. The molecule has 176 valence electrons. The van der Waals surface area contributed by atoms with Gasteiger partial charge in [-0.15, -0.1) is 0 Å². The predicted molar refractivity (Wildman–Crippen MR) is 125 cm³/mol. The van der Waals surface area contributed by atoms with Crippen LogP contribution in [0.4, 0.5) is 0 Å². The third-order valence-electron chi connectivity index (χ3n) is 8.11. The first-order valence-electron chi connectivity index (χ1n) is 12.2. The molecule has 4 unspecified atom stereocenters. The SMILES string of the molecule is CCC(C)(C)C(CC1C(=O)N(C2CCCCC2)C(=O)C1C(C)C(=O)OC)c1ccccc1. The number of hydrogen-bond acceptors (Lipinski definition) is 4. The number of amides is 2. The Hall–Kier alpha value is -2.17. The summed E-state index contributed by atoms with van der Waals surface area (Å²) >= 11 is 0. The van der Waals surface area contributed by atoms with Gasteiger partial charge < -0.3 is 4.74 Å². The largest absolute Gasteiger partial charge is 0.469 e. The highest BCUT2D eigenvalue weighted by Crippen LogP contribution is 2.47. The summed E-state index contributed by atoms with van der Waals surface area (Å²) in [5, 5.41) is 0. The fourth-order valence-electron chi connectivity index (χ4n) is 5.71. The molecule has 0 N–H and O–H groups in total. The number of carbonyl (C=O) groups excluding carboxylic acids is 3. The Balaban J connectivity index is 1.99. The molecular formula is C27H39NO4. The number of esters is 1. The van der Waals surface area contributed by atoms with Gasteiger partial charge in [0.1, 0.15) is 0 Å². The van der Waals surface area contributed by atoms with Crippen LogP contribution in [-0.4, -0.2) is 35.8 Å². The van der Waals surface area contributed by atoms with Gasteiger partial charge in [0, 0.05) is 6.04 Å². The van der Waals surface area contributed by atoms with Crippen molar-refractivity contribution >= 4 is 17.8 Å². The highest BCUT2D eigenvalue weighted by atomic mass is 16.5. The van der Waals surface area contributed by atoms with Gasteiger partial charge in [-0.2, -0.15) is 0 Å². The van der Waals surface area contributed by atoms with Crippen LogP contribution in [0.15, 0.2) is 30.3 Å². The van der Waals surface area contributed by atoms with E-state index >= 15 is 0 Å². The molecule has 2 fully saturated rings. The molecule has 1 saturated carbocycles. The highest BCUT2D eigenvalue weighted by molar-refractivity contribution is 6.07. The molecule has 2 aliphatic rings. The predicted octanol–water partition coefficient (Wildman–Crippen LogP) is 5.34. The van der Waals surface area contributed by atoms with Gasteiger partial charge in [-0.25, -0.2) is 0 Å². The molecule has 1 aliphatic heterocycles. The van der Waals surface area contributed by atoms with Gasteiger partial charge in [0.15, 0.2) is 0 Å². The molecule has 1 aliphatic carbocycles. The fourth-order valence-corrected chi connectivity index (χ4v) is 5.71. The molecular weight excluding hydrogens is 402 g/mol. The second-order valence-electron chi connectivity index (χ2n) is 10.3. The van der Waals surface area contributed by atoms with Crippen LogP contribution in [0.3, 0.4) is 0 Å². The number of hydrogen-bond donors (Lipinski definition) is 0. The minimum absolute atomic E-state index is 0.0320. The zero-order chi connectivity index (χ0) is 23.5. The van der Waals surface area contributed by atoms with Gasteiger partial charge >= 0.3 is 5.97 Å². The zero-order valence-electron chi connectivity index (χ0n) is 20.3. The number of ether oxygens (including phenoxy) is 1. The number of nitrogens with zero attached hydrogens (tertiary/aromatic N) is 1. The lowest BCUT2D eigenvalue weighted by Gasteiger charge is -2.36. The van der Waals surface area contributed by atoms with Crippen molar-refractivity contribution in [1.29, 1.82) is 0 Å². The van der Waals surface area contributed by atoms with Crippen molar-refractivity contribution in [3.8, 4) is 0 Å². The minimum atomic E-state index is -0.657. The number of likely N-dealkylation sites (tertiary alicyclic amines) is 1. The van der Waals surface area contributed by atoms with Crippen molar-refractivity contribution in [2.24, 2.45) is 23.2 Å². The summed E-state index contributed by atoms with van der Waals surface area (Å²) in [6, 6.07) is 10.2. The summed E-state index contributed by atoms with van der Waals surface area (Å²) in [6.07, 6.45) is 6.48. The topological polar surface area (TPSA) is 63.7 Å². The summed E-state index contributed by atoms with van der Waals surface area (Å²) in [4.78, 5) is 41.4. The van der Waals surface area contributed by atoms with Crippen molar-refractivity contribution in [2.45, 2.75) is 84.6 Å². The molecule has 1 saturated heterocycles. The van der Waals surface area contributed by atoms with Gasteiger partial charge in [-0.05, 0) is 36.2 Å². The zero-order valence-corrected chi connectivity index (χ0v) is 20.3. The standard InChI is InChI=1S/C27H39NO4/c1-6-27(3,4)22(19-13-9-7-10-14-19)17-21-23(18(2)26(31)32-5)25(30)28(24(21)29)20-15-11-8-12-16-20/h7,9-10,13-14,18,20-23H,6,8,11-12,15-17H2,1-5H3. The molecule has 5 nitrogen and oxygen atoms in total. The van der Waals surface area contributed by atoms with Crippen LogP contribution in [0, 0.1) is 23.2 Å². The maximum absolute atomic E-state index is 13.8. The normalized spacial score (nSPS) is 24.5. The van der Waals surface area contributed by atoms with Crippen LogP contribution >= 0.6 is 0 Å². The van der Waals surface area contributed by atoms with Gasteiger partial charge in [0.2, 0.25) is 11.8 Å². The number of benzene rings is 1. The van der Waals surface area contributed by atoms with Crippen molar-refractivity contribution in [2.75, 3.05) is 7.11 Å². The fraction of sp³-hybridized carbons (Fsp3) is 0.667. The number of imide groups is 1. The number of methoxy groups -OCH3 is 1. The van der Waals surface area contributed by atoms with E-state index in [1.165, 1.54) is 17.6 Å². The summed E-state index contributed by atoms with van der Waals surface area (Å²) in [5.74, 6) is -2.38. The maximum Gasteiger partial charge on any atom is 0.309 e. The third-order valence-corrected chi connectivity index (χ3v) is 8.11. The van der Waals surface area contributed by atoms with Crippen molar-refractivity contribution in [3.63, 3.8) is 0 Å². The van der Waals surface area contributed by atoms with Gasteiger partial charge in [-0.3, -0.25) is 19.3 Å². The molecule has 0 bridgehead atoms. The van der Waals surface area contributed by atoms with E-state index in [9.17, 15) is 14.4 Å². The van der Waals surface area contributed by atoms with Crippen LogP contribution in [0.5, 0.6) is 0 Å². The van der Waals surface area contributed by atoms with E-state index in [2.05, 4.69) is 32.9 Å². The molecule has 0 radical (unpaired) electrons. The quantitative estimate of drug-likeness (QED) is 0.403. The molecule has 1 aromatic rings. The molecule has 3 rings (SSSR count). The molecule has 0 aromatic heterocycles. The summed E-state index contributed by atoms with van der Waals surface area (Å²) in [6.45, 7) is 8.36. The smallest absolute Gasteiger partial charge is 0.309 e. The number of carbonyl (C=O) groups is 3. The van der Waals surface area contributed by atoms with Crippen LogP contribution in [0.1, 0.15) is 84.1 Å². The Kier molecular flexibility index (Phi) is 7.79. The van der Waals surface area contributed by atoms with Crippen LogP contribution < -0.4 is 0 Å². The van der Waals surface area contributed by atoms with E-state index in [1.807, 2.05) is 18.2 Å². The first kappa shape index (κ1) is 24.5. The van der Waals surface area contributed by atoms with E-state index in [-0.39, 0.29) is 29.2 Å². The Bertz CT molecular complexity index is 812. The molecule has 32 heavy (non-hydrogen) atoms.